The Kier molecular flexibility index (Phi) is 4.12. The van der Waals surface area contributed by atoms with Crippen molar-refractivity contribution in [2.75, 3.05) is 13.7 Å². The average molecular weight is 262 g/mol. The van der Waals surface area contributed by atoms with Gasteiger partial charge in [0.25, 0.3) is 0 Å². The van der Waals surface area contributed by atoms with Gasteiger partial charge >= 0.3 is 11.9 Å². The molecule has 2 rings (SSSR count). The molecule has 0 unspecified atom stereocenters. The van der Waals surface area contributed by atoms with E-state index in [-0.39, 0.29) is 5.89 Å². The predicted molar refractivity (Wildman–Crippen MR) is 66.0 cm³/mol. The maximum Gasteiger partial charge on any atom is 0.396 e. The zero-order valence-electron chi connectivity index (χ0n) is 10.8. The molecule has 0 bridgehead atoms. The molecular weight excluding hydrogens is 248 g/mol. The van der Waals surface area contributed by atoms with Gasteiger partial charge in [0.05, 0.1) is 20.1 Å². The minimum absolute atomic E-state index is 0.145. The van der Waals surface area contributed by atoms with Crippen LogP contribution in [0.3, 0.4) is 0 Å². The van der Waals surface area contributed by atoms with E-state index in [0.29, 0.717) is 18.9 Å². The van der Waals surface area contributed by atoms with Crippen LogP contribution in [0.25, 0.3) is 0 Å². The first-order valence-electron chi connectivity index (χ1n) is 5.79. The van der Waals surface area contributed by atoms with Crippen LogP contribution >= 0.6 is 0 Å². The Labute approximate surface area is 110 Å². The number of hydrogen-bond donors (Lipinski definition) is 0. The summed E-state index contributed by atoms with van der Waals surface area (Å²) >= 11 is 0. The monoisotopic (exact) mass is 262 g/mol. The Hall–Kier alpha value is -2.37. The number of hydrogen-bond acceptors (Lipinski definition) is 6. The number of benzene rings is 1. The fourth-order valence-corrected chi connectivity index (χ4v) is 1.49. The molecule has 1 heterocycles. The molecule has 0 radical (unpaired) electrons. The lowest BCUT2D eigenvalue weighted by atomic mass is 10.2. The van der Waals surface area contributed by atoms with Crippen LogP contribution in [0.15, 0.2) is 28.7 Å². The predicted octanol–water partition coefficient (Wildman–Crippen LogP) is 1.79. The van der Waals surface area contributed by atoms with Crippen molar-refractivity contribution < 1.29 is 18.7 Å². The summed E-state index contributed by atoms with van der Waals surface area (Å²) in [7, 11) is 1.26. The van der Waals surface area contributed by atoms with E-state index in [0.717, 1.165) is 11.3 Å². The maximum absolute atomic E-state index is 11.1. The second-order valence-electron chi connectivity index (χ2n) is 3.91. The van der Waals surface area contributed by atoms with E-state index in [1.54, 1.807) is 0 Å². The van der Waals surface area contributed by atoms with Gasteiger partial charge in [0.15, 0.2) is 0 Å². The molecule has 0 aliphatic carbocycles. The fourth-order valence-electron chi connectivity index (χ4n) is 1.49. The number of esters is 1. The van der Waals surface area contributed by atoms with E-state index in [1.165, 1.54) is 7.11 Å². The summed E-state index contributed by atoms with van der Waals surface area (Å²) in [5.74, 6) is 0.340. The van der Waals surface area contributed by atoms with Gasteiger partial charge in [-0.05, 0) is 24.6 Å². The van der Waals surface area contributed by atoms with Crippen LogP contribution in [-0.4, -0.2) is 29.9 Å². The third kappa shape index (κ3) is 3.54. The van der Waals surface area contributed by atoms with Crippen LogP contribution in [0.4, 0.5) is 0 Å². The van der Waals surface area contributed by atoms with E-state index < -0.39 is 5.97 Å². The topological polar surface area (TPSA) is 74.5 Å². The van der Waals surface area contributed by atoms with Gasteiger partial charge in [0, 0.05) is 0 Å². The first-order chi connectivity index (χ1) is 9.19. The van der Waals surface area contributed by atoms with E-state index >= 15 is 0 Å². The van der Waals surface area contributed by atoms with Crippen molar-refractivity contribution in [2.45, 2.75) is 13.3 Å². The van der Waals surface area contributed by atoms with Crippen molar-refractivity contribution in [1.82, 2.24) is 10.2 Å². The number of carbonyl (C=O) groups excluding carboxylic acids is 1. The molecule has 100 valence electrons. The molecule has 19 heavy (non-hydrogen) atoms. The van der Waals surface area contributed by atoms with Gasteiger partial charge in [0.1, 0.15) is 5.75 Å². The molecule has 2 aromatic rings. The van der Waals surface area contributed by atoms with Crippen molar-refractivity contribution >= 4 is 5.97 Å². The van der Waals surface area contributed by atoms with Crippen molar-refractivity contribution in [3.05, 3.63) is 41.6 Å². The largest absolute Gasteiger partial charge is 0.493 e. The molecule has 6 heteroatoms. The molecule has 0 saturated carbocycles. The Balaban J connectivity index is 1.86. The summed E-state index contributed by atoms with van der Waals surface area (Å²) in [5.41, 5.74) is 1.13. The summed E-state index contributed by atoms with van der Waals surface area (Å²) < 4.78 is 15.1. The lowest BCUT2D eigenvalue weighted by molar-refractivity contribution is 0.0553. The number of rotatable bonds is 5. The minimum Gasteiger partial charge on any atom is -0.493 e. The lowest BCUT2D eigenvalue weighted by Gasteiger charge is -2.04. The summed E-state index contributed by atoms with van der Waals surface area (Å²) in [4.78, 5) is 11.1. The van der Waals surface area contributed by atoms with Crippen molar-refractivity contribution in [3.63, 3.8) is 0 Å². The molecular formula is C13H14N2O4. The Morgan fingerprint density at radius 1 is 1.37 bits per heavy atom. The number of methoxy groups -OCH3 is 1. The number of aromatic nitrogens is 2. The van der Waals surface area contributed by atoms with Crippen LogP contribution < -0.4 is 4.74 Å². The van der Waals surface area contributed by atoms with E-state index in [9.17, 15) is 4.79 Å². The summed E-state index contributed by atoms with van der Waals surface area (Å²) in [5, 5.41) is 7.32. The van der Waals surface area contributed by atoms with Gasteiger partial charge < -0.3 is 13.9 Å². The molecule has 0 spiro atoms. The first kappa shape index (κ1) is 13.1. The molecule has 0 amide bonds. The van der Waals surface area contributed by atoms with E-state index in [2.05, 4.69) is 14.9 Å². The molecule has 0 atom stereocenters. The highest BCUT2D eigenvalue weighted by Gasteiger charge is 2.14. The van der Waals surface area contributed by atoms with Gasteiger partial charge in [0.2, 0.25) is 5.89 Å². The Morgan fingerprint density at radius 2 is 2.21 bits per heavy atom. The second-order valence-corrected chi connectivity index (χ2v) is 3.91. The Morgan fingerprint density at radius 3 is 2.95 bits per heavy atom. The Bertz CT molecular complexity index is 565. The molecule has 1 aromatic carbocycles. The number of aryl methyl sites for hydroxylation is 1. The van der Waals surface area contributed by atoms with Gasteiger partial charge in [-0.2, -0.15) is 0 Å². The highest BCUT2D eigenvalue weighted by atomic mass is 16.5. The van der Waals surface area contributed by atoms with E-state index in [4.69, 9.17) is 9.15 Å². The van der Waals surface area contributed by atoms with Crippen LogP contribution in [0.5, 0.6) is 5.75 Å². The number of ether oxygens (including phenoxy) is 2. The minimum atomic E-state index is -0.640. The van der Waals surface area contributed by atoms with Crippen molar-refractivity contribution in [3.8, 4) is 5.75 Å². The van der Waals surface area contributed by atoms with E-state index in [1.807, 2.05) is 31.2 Å². The van der Waals surface area contributed by atoms with Crippen LogP contribution in [-0.2, 0) is 11.2 Å². The molecule has 0 aliphatic rings. The average Bonchev–Trinajstić information content (AvgIpc) is 2.87. The zero-order chi connectivity index (χ0) is 13.7. The summed E-state index contributed by atoms with van der Waals surface area (Å²) in [6.07, 6.45) is 0.429. The summed E-state index contributed by atoms with van der Waals surface area (Å²) in [6.45, 7) is 2.39. The number of carbonyl (C=O) groups is 1. The highest BCUT2D eigenvalue weighted by Crippen LogP contribution is 2.12. The highest BCUT2D eigenvalue weighted by molar-refractivity contribution is 5.83. The van der Waals surface area contributed by atoms with Gasteiger partial charge in [-0.25, -0.2) is 4.79 Å². The zero-order valence-corrected chi connectivity index (χ0v) is 10.8. The molecule has 0 fully saturated rings. The smallest absolute Gasteiger partial charge is 0.396 e. The van der Waals surface area contributed by atoms with Gasteiger partial charge in [-0.1, -0.05) is 12.1 Å². The van der Waals surface area contributed by atoms with Gasteiger partial charge in [-0.3, -0.25) is 0 Å². The van der Waals surface area contributed by atoms with Crippen LogP contribution in [0.2, 0.25) is 0 Å². The van der Waals surface area contributed by atoms with Crippen molar-refractivity contribution in [1.29, 1.82) is 0 Å². The number of nitrogens with zero attached hydrogens (tertiary/aromatic N) is 2. The molecule has 1 aromatic heterocycles. The molecule has 6 nitrogen and oxygen atoms in total. The van der Waals surface area contributed by atoms with Crippen molar-refractivity contribution in [2.24, 2.45) is 0 Å². The fraction of sp³-hybridized carbons (Fsp3) is 0.308. The third-order valence-electron chi connectivity index (χ3n) is 2.40. The third-order valence-corrected chi connectivity index (χ3v) is 2.40. The summed E-state index contributed by atoms with van der Waals surface area (Å²) in [6, 6.07) is 7.73. The normalized spacial score (nSPS) is 10.2. The maximum atomic E-state index is 11.1. The van der Waals surface area contributed by atoms with Crippen LogP contribution in [0, 0.1) is 6.92 Å². The van der Waals surface area contributed by atoms with Crippen LogP contribution in [0.1, 0.15) is 22.1 Å². The molecule has 0 aliphatic heterocycles. The quantitative estimate of drug-likeness (QED) is 0.765. The lowest BCUT2D eigenvalue weighted by Crippen LogP contribution is -2.02. The SMILES string of the molecule is COC(=O)c1nnc(CCOc2cccc(C)c2)o1. The molecule has 0 N–H and O–H groups in total. The second kappa shape index (κ2) is 5.99. The van der Waals surface area contributed by atoms with Gasteiger partial charge in [-0.15, -0.1) is 10.2 Å². The standard InChI is InChI=1S/C13H14N2O4/c1-9-4-3-5-10(8-9)18-7-6-11-14-15-12(19-11)13(16)17-2/h3-5,8H,6-7H2,1-2H3. The first-order valence-corrected chi connectivity index (χ1v) is 5.79. The molecule has 0 saturated heterocycles.